The number of fused-ring (bicyclic) bond motifs is 1. The van der Waals surface area contributed by atoms with Crippen LogP contribution < -0.4 is 10.9 Å². The van der Waals surface area contributed by atoms with Crippen molar-refractivity contribution in [3.8, 4) is 0 Å². The smallest absolute Gasteiger partial charge is 0.262 e. The second kappa shape index (κ2) is 11.7. The molecule has 4 rings (SSSR count). The second-order valence-electron chi connectivity index (χ2n) is 9.82. The van der Waals surface area contributed by atoms with Crippen molar-refractivity contribution in [2.45, 2.75) is 69.4 Å². The molecule has 0 radical (unpaired) electrons. The maximum Gasteiger partial charge on any atom is 0.262 e. The van der Waals surface area contributed by atoms with E-state index in [1.807, 2.05) is 31.2 Å². The van der Waals surface area contributed by atoms with E-state index in [4.69, 9.17) is 9.72 Å². The summed E-state index contributed by atoms with van der Waals surface area (Å²) in [5.74, 6) is 1.13. The number of nitrogens with one attached hydrogen (secondary N) is 1. The van der Waals surface area contributed by atoms with Crippen LogP contribution in [0.1, 0.15) is 46.5 Å². The highest BCUT2D eigenvalue weighted by Crippen LogP contribution is 2.30. The summed E-state index contributed by atoms with van der Waals surface area (Å²) in [6, 6.07) is 7.69. The zero-order valence-corrected chi connectivity index (χ0v) is 21.5. The average molecular weight is 487 g/mol. The van der Waals surface area contributed by atoms with E-state index < -0.39 is 0 Å². The Morgan fingerprint density at radius 1 is 1.21 bits per heavy atom. The van der Waals surface area contributed by atoms with Crippen LogP contribution in [-0.2, 0) is 16.1 Å². The highest BCUT2D eigenvalue weighted by Gasteiger charge is 2.30. The molecule has 4 atom stereocenters. The van der Waals surface area contributed by atoms with Gasteiger partial charge in [0.1, 0.15) is 0 Å². The van der Waals surface area contributed by atoms with E-state index in [0.717, 1.165) is 52.1 Å². The number of nitrogens with zero attached hydrogens (tertiary/aromatic N) is 3. The van der Waals surface area contributed by atoms with Gasteiger partial charge in [-0.1, -0.05) is 50.6 Å². The molecule has 1 aromatic heterocycles. The molecular formula is C26H38N4O3S. The molecule has 0 bridgehead atoms. The summed E-state index contributed by atoms with van der Waals surface area (Å²) in [4.78, 5) is 33.6. The number of amides is 1. The molecule has 4 unspecified atom stereocenters. The third kappa shape index (κ3) is 6.01. The predicted octanol–water partition coefficient (Wildman–Crippen LogP) is 3.54. The molecule has 7 nitrogen and oxygen atoms in total. The van der Waals surface area contributed by atoms with Crippen molar-refractivity contribution >= 4 is 28.6 Å². The molecule has 2 heterocycles. The van der Waals surface area contributed by atoms with Crippen molar-refractivity contribution in [2.24, 2.45) is 11.8 Å². The Balaban J connectivity index is 1.48. The van der Waals surface area contributed by atoms with Gasteiger partial charge in [-0.25, -0.2) is 4.98 Å². The number of ether oxygens (including phenoxy) is 1. The molecule has 34 heavy (non-hydrogen) atoms. The van der Waals surface area contributed by atoms with E-state index in [1.165, 1.54) is 18.2 Å². The lowest BCUT2D eigenvalue weighted by Crippen LogP contribution is -2.46. The molecule has 1 aliphatic heterocycles. The number of morpholine rings is 1. The summed E-state index contributed by atoms with van der Waals surface area (Å²) in [6.45, 7) is 11.3. The lowest BCUT2D eigenvalue weighted by atomic mass is 9.78. The first-order chi connectivity index (χ1) is 16.4. The van der Waals surface area contributed by atoms with Crippen molar-refractivity contribution in [3.05, 3.63) is 34.6 Å². The summed E-state index contributed by atoms with van der Waals surface area (Å²) in [7, 11) is 0. The molecule has 1 saturated carbocycles. The number of carbonyl (C=O) groups excluding carboxylic acids is 1. The second-order valence-corrected chi connectivity index (χ2v) is 11.1. The zero-order valence-electron chi connectivity index (χ0n) is 20.7. The van der Waals surface area contributed by atoms with Gasteiger partial charge >= 0.3 is 0 Å². The fraction of sp³-hybridized carbons (Fsp3) is 0.654. The predicted molar refractivity (Wildman–Crippen MR) is 137 cm³/mol. The van der Waals surface area contributed by atoms with E-state index in [-0.39, 0.29) is 22.8 Å². The van der Waals surface area contributed by atoms with Gasteiger partial charge in [0.25, 0.3) is 5.56 Å². The third-order valence-corrected chi connectivity index (χ3v) is 8.56. The van der Waals surface area contributed by atoms with Gasteiger partial charge in [0.2, 0.25) is 5.91 Å². The number of thioether (sulfide) groups is 1. The molecule has 2 fully saturated rings. The fourth-order valence-electron chi connectivity index (χ4n) is 5.01. The van der Waals surface area contributed by atoms with Gasteiger partial charge in [0, 0.05) is 32.2 Å². The number of hydrogen-bond donors (Lipinski definition) is 1. The molecule has 2 aromatic rings. The van der Waals surface area contributed by atoms with Crippen LogP contribution in [-0.4, -0.2) is 64.5 Å². The molecule has 186 valence electrons. The Morgan fingerprint density at radius 2 is 1.97 bits per heavy atom. The summed E-state index contributed by atoms with van der Waals surface area (Å²) in [6.07, 6.45) is 4.28. The molecule has 1 amide bonds. The number of carbonyl (C=O) groups is 1. The van der Waals surface area contributed by atoms with Gasteiger partial charge in [-0.05, 0) is 43.7 Å². The van der Waals surface area contributed by atoms with E-state index in [9.17, 15) is 9.59 Å². The lowest BCUT2D eigenvalue weighted by molar-refractivity contribution is -0.121. The average Bonchev–Trinajstić information content (AvgIpc) is 2.84. The first kappa shape index (κ1) is 25.2. The quantitative estimate of drug-likeness (QED) is 0.454. The van der Waals surface area contributed by atoms with Gasteiger partial charge < -0.3 is 10.1 Å². The minimum absolute atomic E-state index is 0.0261. The number of aromatic nitrogens is 2. The van der Waals surface area contributed by atoms with Gasteiger partial charge in [-0.2, -0.15) is 0 Å². The molecule has 1 aliphatic carbocycles. The number of benzene rings is 1. The van der Waals surface area contributed by atoms with Crippen LogP contribution in [0.15, 0.2) is 34.2 Å². The van der Waals surface area contributed by atoms with Crippen LogP contribution in [0.5, 0.6) is 0 Å². The normalized spacial score (nSPS) is 24.7. The van der Waals surface area contributed by atoms with Crippen LogP contribution >= 0.6 is 11.8 Å². The number of para-hydroxylation sites is 1. The molecule has 0 spiro atoms. The Kier molecular flexibility index (Phi) is 8.66. The molecule has 1 saturated heterocycles. The highest BCUT2D eigenvalue weighted by molar-refractivity contribution is 8.00. The third-order valence-electron chi connectivity index (χ3n) is 7.47. The highest BCUT2D eigenvalue weighted by atomic mass is 32.2. The van der Waals surface area contributed by atoms with E-state index in [2.05, 4.69) is 24.1 Å². The summed E-state index contributed by atoms with van der Waals surface area (Å²) < 4.78 is 7.20. The van der Waals surface area contributed by atoms with Crippen LogP contribution in [0.3, 0.4) is 0 Å². The molecular weight excluding hydrogens is 448 g/mol. The van der Waals surface area contributed by atoms with Gasteiger partial charge in [0.05, 0.1) is 29.4 Å². The van der Waals surface area contributed by atoms with Crippen molar-refractivity contribution in [3.63, 3.8) is 0 Å². The fourth-order valence-corrected chi connectivity index (χ4v) is 5.95. The minimum atomic E-state index is -0.331. The van der Waals surface area contributed by atoms with Crippen LogP contribution in [0.25, 0.3) is 10.9 Å². The monoisotopic (exact) mass is 486 g/mol. The summed E-state index contributed by atoms with van der Waals surface area (Å²) >= 11 is 1.39. The molecule has 1 N–H and O–H groups in total. The molecule has 2 aliphatic rings. The zero-order chi connectivity index (χ0) is 24.1. The van der Waals surface area contributed by atoms with Gasteiger partial charge in [-0.15, -0.1) is 0 Å². The van der Waals surface area contributed by atoms with Crippen molar-refractivity contribution < 1.29 is 9.53 Å². The van der Waals surface area contributed by atoms with Crippen molar-refractivity contribution in [2.75, 3.05) is 32.8 Å². The Hall–Kier alpha value is -1.90. The van der Waals surface area contributed by atoms with Gasteiger partial charge in [0.15, 0.2) is 5.16 Å². The SMILES string of the molecule is CC(Sc1nc2ccccc2c(=O)n1CCCN1CCOCC1)C(=O)NC1CCCC(C)C1C. The first-order valence-electron chi connectivity index (χ1n) is 12.7. The Bertz CT molecular complexity index is 1040. The van der Waals surface area contributed by atoms with E-state index >= 15 is 0 Å². The van der Waals surface area contributed by atoms with Crippen LogP contribution in [0, 0.1) is 11.8 Å². The van der Waals surface area contributed by atoms with Crippen LogP contribution in [0.2, 0.25) is 0 Å². The topological polar surface area (TPSA) is 76.5 Å². The van der Waals surface area contributed by atoms with E-state index in [1.54, 1.807) is 4.57 Å². The van der Waals surface area contributed by atoms with Crippen molar-refractivity contribution in [1.29, 1.82) is 0 Å². The Labute approximate surface area is 206 Å². The minimum Gasteiger partial charge on any atom is -0.379 e. The number of rotatable bonds is 8. The van der Waals surface area contributed by atoms with Crippen LogP contribution in [0.4, 0.5) is 0 Å². The van der Waals surface area contributed by atoms with Crippen molar-refractivity contribution in [1.82, 2.24) is 19.8 Å². The summed E-state index contributed by atoms with van der Waals surface area (Å²) in [5, 5.41) is 4.20. The van der Waals surface area contributed by atoms with Gasteiger partial charge in [-0.3, -0.25) is 19.1 Å². The van der Waals surface area contributed by atoms with E-state index in [0.29, 0.717) is 34.4 Å². The summed E-state index contributed by atoms with van der Waals surface area (Å²) in [5.41, 5.74) is 0.652. The number of hydrogen-bond acceptors (Lipinski definition) is 6. The molecule has 8 heteroatoms. The molecule has 1 aromatic carbocycles. The lowest BCUT2D eigenvalue weighted by Gasteiger charge is -2.35. The largest absolute Gasteiger partial charge is 0.379 e. The maximum absolute atomic E-state index is 13.4. The maximum atomic E-state index is 13.4. The standard InChI is InChI=1S/C26H38N4O3S/c1-18-8-6-11-22(19(18)2)27-24(31)20(3)34-26-28-23-10-5-4-9-21(23)25(32)30(26)13-7-12-29-14-16-33-17-15-29/h4-5,9-10,18-20,22H,6-8,11-17H2,1-3H3,(H,27,31). The first-order valence-corrected chi connectivity index (χ1v) is 13.6. The Morgan fingerprint density at radius 3 is 2.76 bits per heavy atom.